The van der Waals surface area contributed by atoms with Gasteiger partial charge >= 0.3 is 0 Å². The predicted octanol–water partition coefficient (Wildman–Crippen LogP) is 2.25. The van der Waals surface area contributed by atoms with Crippen molar-refractivity contribution in [3.05, 3.63) is 0 Å². The second kappa shape index (κ2) is 2.56. The number of hydrogen-bond acceptors (Lipinski definition) is 1. The molecule has 0 aromatic rings. The minimum absolute atomic E-state index is 0.175. The molecule has 0 aliphatic carbocycles. The summed E-state index contributed by atoms with van der Waals surface area (Å²) in [7, 11) is 0.228. The first-order valence-corrected chi connectivity index (χ1v) is 5.59. The van der Waals surface area contributed by atoms with Crippen LogP contribution in [0.3, 0.4) is 0 Å². The van der Waals surface area contributed by atoms with Crippen LogP contribution in [0.5, 0.6) is 0 Å². The smallest absolute Gasteiger partial charge is 0.0663 e. The largest absolute Gasteiger partial charge is 0.371 e. The predicted molar refractivity (Wildman–Crippen MR) is 42.4 cm³/mol. The zero-order valence-electron chi connectivity index (χ0n) is 6.48. The van der Waals surface area contributed by atoms with Crippen LogP contribution in [0.15, 0.2) is 0 Å². The lowest BCUT2D eigenvalue weighted by Crippen LogP contribution is -2.29. The van der Waals surface area contributed by atoms with Gasteiger partial charge in [0.25, 0.3) is 0 Å². The molecule has 1 atom stereocenters. The van der Waals surface area contributed by atoms with Gasteiger partial charge in [0.05, 0.1) is 11.9 Å². The summed E-state index contributed by atoms with van der Waals surface area (Å²) in [6.45, 7) is 6.66. The highest BCUT2D eigenvalue weighted by molar-refractivity contribution is 7.56. The first-order valence-electron chi connectivity index (χ1n) is 3.43. The molecule has 0 N–H and O–H groups in total. The second-order valence-electron chi connectivity index (χ2n) is 3.36. The maximum absolute atomic E-state index is 5.61. The molecule has 9 heavy (non-hydrogen) atoms. The van der Waals surface area contributed by atoms with Gasteiger partial charge in [0, 0.05) is 0 Å². The SMILES string of the molecule is CP1CCC(C)(C)OC1. The summed E-state index contributed by atoms with van der Waals surface area (Å²) in [5, 5.41) is 0. The monoisotopic (exact) mass is 146 g/mol. The van der Waals surface area contributed by atoms with Crippen molar-refractivity contribution in [2.45, 2.75) is 25.9 Å². The van der Waals surface area contributed by atoms with Crippen LogP contribution in [0, 0.1) is 0 Å². The van der Waals surface area contributed by atoms with E-state index in [9.17, 15) is 0 Å². The number of hydrogen-bond donors (Lipinski definition) is 0. The van der Waals surface area contributed by atoms with Gasteiger partial charge in [0.1, 0.15) is 0 Å². The van der Waals surface area contributed by atoms with Crippen LogP contribution < -0.4 is 0 Å². The van der Waals surface area contributed by atoms with E-state index in [1.54, 1.807) is 0 Å². The van der Waals surface area contributed by atoms with Gasteiger partial charge in [-0.25, -0.2) is 0 Å². The topological polar surface area (TPSA) is 9.23 Å². The fourth-order valence-electron chi connectivity index (χ4n) is 0.882. The molecule has 54 valence electrons. The maximum Gasteiger partial charge on any atom is 0.0663 e. The van der Waals surface area contributed by atoms with E-state index in [0.29, 0.717) is 0 Å². The molecule has 1 fully saturated rings. The third-order valence-electron chi connectivity index (χ3n) is 1.77. The van der Waals surface area contributed by atoms with E-state index in [-0.39, 0.29) is 13.5 Å². The summed E-state index contributed by atoms with van der Waals surface area (Å²) in [5.74, 6) is 0. The average Bonchev–Trinajstić information content (AvgIpc) is 1.78. The molecule has 0 bridgehead atoms. The van der Waals surface area contributed by atoms with Gasteiger partial charge in [0.2, 0.25) is 0 Å². The molecule has 1 aliphatic rings. The Bertz CT molecular complexity index is 91.1. The molecule has 1 saturated heterocycles. The van der Waals surface area contributed by atoms with E-state index in [0.717, 1.165) is 6.35 Å². The summed E-state index contributed by atoms with van der Waals surface area (Å²) in [6.07, 6.45) is 3.65. The third kappa shape index (κ3) is 2.23. The van der Waals surface area contributed by atoms with E-state index in [4.69, 9.17) is 4.74 Å². The Morgan fingerprint density at radius 3 is 2.44 bits per heavy atom. The zero-order valence-corrected chi connectivity index (χ0v) is 7.37. The van der Waals surface area contributed by atoms with E-state index in [2.05, 4.69) is 20.5 Å². The van der Waals surface area contributed by atoms with Gasteiger partial charge in [-0.05, 0) is 33.1 Å². The molecule has 1 nitrogen and oxygen atoms in total. The Morgan fingerprint density at radius 1 is 1.44 bits per heavy atom. The highest BCUT2D eigenvalue weighted by Gasteiger charge is 2.24. The van der Waals surface area contributed by atoms with Crippen LogP contribution in [0.2, 0.25) is 0 Å². The lowest BCUT2D eigenvalue weighted by Gasteiger charge is -2.33. The molecule has 0 radical (unpaired) electrons. The van der Waals surface area contributed by atoms with E-state index >= 15 is 0 Å². The van der Waals surface area contributed by atoms with Gasteiger partial charge < -0.3 is 4.74 Å². The van der Waals surface area contributed by atoms with Crippen molar-refractivity contribution >= 4 is 7.92 Å². The van der Waals surface area contributed by atoms with Gasteiger partial charge in [-0.3, -0.25) is 0 Å². The minimum atomic E-state index is 0.175. The van der Waals surface area contributed by atoms with Crippen molar-refractivity contribution in [1.82, 2.24) is 0 Å². The second-order valence-corrected chi connectivity index (χ2v) is 5.78. The van der Waals surface area contributed by atoms with Gasteiger partial charge in [-0.1, -0.05) is 7.92 Å². The normalized spacial score (nSPS) is 34.3. The van der Waals surface area contributed by atoms with Gasteiger partial charge in [0.15, 0.2) is 0 Å². The van der Waals surface area contributed by atoms with Crippen molar-refractivity contribution in [2.75, 3.05) is 19.2 Å². The van der Waals surface area contributed by atoms with E-state index < -0.39 is 0 Å². The molecule has 0 amide bonds. The van der Waals surface area contributed by atoms with Crippen LogP contribution >= 0.6 is 7.92 Å². The first kappa shape index (κ1) is 7.50. The number of ether oxygens (including phenoxy) is 1. The molecule has 1 heterocycles. The van der Waals surface area contributed by atoms with Crippen LogP contribution in [0.1, 0.15) is 20.3 Å². The molecule has 1 unspecified atom stereocenters. The Balaban J connectivity index is 2.35. The highest BCUT2D eigenvalue weighted by Crippen LogP contribution is 2.40. The fraction of sp³-hybridized carbons (Fsp3) is 1.00. The lowest BCUT2D eigenvalue weighted by molar-refractivity contribution is 0.000631. The van der Waals surface area contributed by atoms with E-state index in [1.807, 2.05) is 0 Å². The zero-order chi connectivity index (χ0) is 6.91. The Kier molecular flexibility index (Phi) is 2.13. The lowest BCUT2D eigenvalue weighted by atomic mass is 10.1. The van der Waals surface area contributed by atoms with Crippen LogP contribution in [0.25, 0.3) is 0 Å². The Labute approximate surface area is 58.5 Å². The molecule has 0 aromatic carbocycles. The van der Waals surface area contributed by atoms with Crippen LogP contribution in [-0.4, -0.2) is 24.8 Å². The van der Waals surface area contributed by atoms with Crippen molar-refractivity contribution in [1.29, 1.82) is 0 Å². The first-order chi connectivity index (χ1) is 4.10. The van der Waals surface area contributed by atoms with Crippen molar-refractivity contribution in [3.8, 4) is 0 Å². The highest BCUT2D eigenvalue weighted by atomic mass is 31.1. The summed E-state index contributed by atoms with van der Waals surface area (Å²) >= 11 is 0. The maximum atomic E-state index is 5.61. The van der Waals surface area contributed by atoms with Crippen LogP contribution in [-0.2, 0) is 4.74 Å². The minimum Gasteiger partial charge on any atom is -0.371 e. The molecular weight excluding hydrogens is 131 g/mol. The quantitative estimate of drug-likeness (QED) is 0.476. The summed E-state index contributed by atoms with van der Waals surface area (Å²) in [6, 6.07) is 0. The summed E-state index contributed by atoms with van der Waals surface area (Å²) < 4.78 is 5.61. The Morgan fingerprint density at radius 2 is 2.11 bits per heavy atom. The van der Waals surface area contributed by atoms with Crippen molar-refractivity contribution < 1.29 is 4.74 Å². The molecule has 0 spiro atoms. The van der Waals surface area contributed by atoms with Crippen molar-refractivity contribution in [3.63, 3.8) is 0 Å². The molecule has 0 saturated carbocycles. The number of rotatable bonds is 0. The summed E-state index contributed by atoms with van der Waals surface area (Å²) in [5.41, 5.74) is 0.175. The summed E-state index contributed by atoms with van der Waals surface area (Å²) in [4.78, 5) is 0. The van der Waals surface area contributed by atoms with E-state index in [1.165, 1.54) is 12.6 Å². The van der Waals surface area contributed by atoms with Crippen LogP contribution in [0.4, 0.5) is 0 Å². The van der Waals surface area contributed by atoms with Crippen molar-refractivity contribution in [2.24, 2.45) is 0 Å². The molecule has 1 aliphatic heterocycles. The Hall–Kier alpha value is 0.390. The molecule has 2 heteroatoms. The molecule has 0 aromatic heterocycles. The van der Waals surface area contributed by atoms with Gasteiger partial charge in [-0.15, -0.1) is 0 Å². The molecule has 1 rings (SSSR count). The standard InChI is InChI=1S/C7H15OP/c1-7(2)4-5-9(3)6-8-7/h4-6H2,1-3H3. The molecular formula is C7H15OP. The fourth-order valence-corrected chi connectivity index (χ4v) is 2.50. The third-order valence-corrected chi connectivity index (χ3v) is 3.33. The average molecular weight is 146 g/mol. The van der Waals surface area contributed by atoms with Gasteiger partial charge in [-0.2, -0.15) is 0 Å².